The summed E-state index contributed by atoms with van der Waals surface area (Å²) in [4.78, 5) is 54.8. The Bertz CT molecular complexity index is 782. The first-order valence-electron chi connectivity index (χ1n) is 9.92. The van der Waals surface area contributed by atoms with Gasteiger partial charge < -0.3 is 14.2 Å². The highest BCUT2D eigenvalue weighted by Crippen LogP contribution is 2.35. The number of pyridine rings is 1. The van der Waals surface area contributed by atoms with Crippen LogP contribution in [0.2, 0.25) is 0 Å². The van der Waals surface area contributed by atoms with E-state index in [-0.39, 0.29) is 37.4 Å². The van der Waals surface area contributed by atoms with E-state index < -0.39 is 28.6 Å². The number of hydrogen-bond donors (Lipinski definition) is 0. The average Bonchev–Trinajstić information content (AvgIpc) is 2.66. The van der Waals surface area contributed by atoms with Gasteiger partial charge in [-0.15, -0.1) is 0 Å². The maximum atomic E-state index is 13.4. The number of aromatic nitrogens is 1. The van der Waals surface area contributed by atoms with Gasteiger partial charge in [-0.2, -0.15) is 0 Å². The van der Waals surface area contributed by atoms with Crippen LogP contribution in [0, 0.1) is 5.41 Å². The number of methoxy groups -OCH3 is 1. The van der Waals surface area contributed by atoms with Crippen molar-refractivity contribution in [2.24, 2.45) is 5.41 Å². The molecule has 0 saturated heterocycles. The highest BCUT2D eigenvalue weighted by molar-refractivity contribution is 6.26. The van der Waals surface area contributed by atoms with Crippen LogP contribution in [0.15, 0.2) is 18.5 Å². The van der Waals surface area contributed by atoms with Gasteiger partial charge in [-0.05, 0) is 53.5 Å². The normalized spacial score (nSPS) is 13.1. The third-order valence-corrected chi connectivity index (χ3v) is 4.44. The van der Waals surface area contributed by atoms with Gasteiger partial charge in [0.05, 0.1) is 19.9 Å². The number of carbonyl (C=O) groups excluding carboxylic acids is 4. The SMILES string of the molecule is CCOC(=O)CCCCC(C(C)=O)(C(=O)OC(C)(C)C)C(=O)c1cncc(OC)c1. The van der Waals surface area contributed by atoms with Gasteiger partial charge in [-0.25, -0.2) is 0 Å². The van der Waals surface area contributed by atoms with E-state index in [1.54, 1.807) is 27.7 Å². The molecule has 1 aromatic rings. The number of Topliss-reactive ketones (excluding diaryl/α,β-unsaturated/α-hetero) is 2. The van der Waals surface area contributed by atoms with Crippen molar-refractivity contribution in [3.63, 3.8) is 0 Å². The number of ketones is 2. The quantitative estimate of drug-likeness (QED) is 0.232. The van der Waals surface area contributed by atoms with Crippen molar-refractivity contribution in [3.05, 3.63) is 24.0 Å². The summed E-state index contributed by atoms with van der Waals surface area (Å²) in [5, 5.41) is 0. The molecule has 0 aromatic carbocycles. The molecule has 0 saturated carbocycles. The molecule has 1 rings (SSSR count). The Kier molecular flexibility index (Phi) is 9.14. The molecule has 0 aliphatic heterocycles. The fraction of sp³-hybridized carbons (Fsp3) is 0.591. The molecule has 0 bridgehead atoms. The van der Waals surface area contributed by atoms with E-state index in [1.807, 2.05) is 0 Å². The summed E-state index contributed by atoms with van der Waals surface area (Å²) in [5.41, 5.74) is -2.85. The van der Waals surface area contributed by atoms with E-state index >= 15 is 0 Å². The van der Waals surface area contributed by atoms with Crippen molar-refractivity contribution in [2.75, 3.05) is 13.7 Å². The lowest BCUT2D eigenvalue weighted by Crippen LogP contribution is -2.48. The van der Waals surface area contributed by atoms with E-state index in [2.05, 4.69) is 4.98 Å². The van der Waals surface area contributed by atoms with Crippen molar-refractivity contribution >= 4 is 23.5 Å². The molecule has 0 radical (unpaired) electrons. The van der Waals surface area contributed by atoms with Gasteiger partial charge in [0, 0.05) is 18.2 Å². The van der Waals surface area contributed by atoms with Crippen molar-refractivity contribution in [2.45, 2.75) is 65.9 Å². The molecule has 0 fully saturated rings. The number of hydrogen-bond acceptors (Lipinski definition) is 8. The first kappa shape index (κ1) is 25.3. The molecule has 30 heavy (non-hydrogen) atoms. The van der Waals surface area contributed by atoms with Gasteiger partial charge in [-0.3, -0.25) is 24.2 Å². The number of nitrogens with zero attached hydrogens (tertiary/aromatic N) is 1. The third-order valence-electron chi connectivity index (χ3n) is 4.44. The third kappa shape index (κ3) is 6.64. The minimum absolute atomic E-state index is 0.0702. The van der Waals surface area contributed by atoms with E-state index in [9.17, 15) is 19.2 Å². The number of rotatable bonds is 11. The second kappa shape index (κ2) is 10.8. The summed E-state index contributed by atoms with van der Waals surface area (Å²) in [6.45, 7) is 8.16. The van der Waals surface area contributed by atoms with Crippen molar-refractivity contribution in [1.82, 2.24) is 4.98 Å². The first-order valence-corrected chi connectivity index (χ1v) is 9.92. The Morgan fingerprint density at radius 3 is 2.27 bits per heavy atom. The average molecular weight is 421 g/mol. The van der Waals surface area contributed by atoms with Gasteiger partial charge in [0.25, 0.3) is 0 Å². The Balaban J connectivity index is 3.26. The van der Waals surface area contributed by atoms with Crippen molar-refractivity contribution in [1.29, 1.82) is 0 Å². The maximum absolute atomic E-state index is 13.4. The zero-order valence-electron chi connectivity index (χ0n) is 18.6. The molecule has 0 N–H and O–H groups in total. The molecule has 166 valence electrons. The molecule has 8 heteroatoms. The Morgan fingerprint density at radius 1 is 1.07 bits per heavy atom. The minimum Gasteiger partial charge on any atom is -0.495 e. The van der Waals surface area contributed by atoms with Gasteiger partial charge >= 0.3 is 11.9 Å². The molecule has 0 amide bonds. The van der Waals surface area contributed by atoms with E-state index in [4.69, 9.17) is 14.2 Å². The van der Waals surface area contributed by atoms with Crippen LogP contribution < -0.4 is 4.74 Å². The molecule has 1 atom stereocenters. The molecule has 0 aliphatic carbocycles. The van der Waals surface area contributed by atoms with E-state index in [0.717, 1.165) is 0 Å². The van der Waals surface area contributed by atoms with Crippen LogP contribution >= 0.6 is 0 Å². The summed E-state index contributed by atoms with van der Waals surface area (Å²) in [5.74, 6) is -2.28. The van der Waals surface area contributed by atoms with Crippen LogP contribution in [0.3, 0.4) is 0 Å². The monoisotopic (exact) mass is 421 g/mol. The smallest absolute Gasteiger partial charge is 0.328 e. The fourth-order valence-corrected chi connectivity index (χ4v) is 2.95. The lowest BCUT2D eigenvalue weighted by Gasteiger charge is -2.31. The largest absolute Gasteiger partial charge is 0.495 e. The summed E-state index contributed by atoms with van der Waals surface area (Å²) in [6, 6.07) is 1.43. The highest BCUT2D eigenvalue weighted by Gasteiger charge is 2.52. The van der Waals surface area contributed by atoms with E-state index in [0.29, 0.717) is 12.2 Å². The minimum atomic E-state index is -2.03. The van der Waals surface area contributed by atoms with E-state index in [1.165, 1.54) is 32.5 Å². The predicted octanol–water partition coefficient (Wildman–Crippen LogP) is 3.31. The van der Waals surface area contributed by atoms with Crippen molar-refractivity contribution < 1.29 is 33.4 Å². The van der Waals surface area contributed by atoms with Gasteiger partial charge in [0.15, 0.2) is 17.0 Å². The van der Waals surface area contributed by atoms with Crippen LogP contribution in [0.4, 0.5) is 0 Å². The van der Waals surface area contributed by atoms with Crippen LogP contribution in [0.1, 0.15) is 70.7 Å². The zero-order chi connectivity index (χ0) is 22.9. The summed E-state index contributed by atoms with van der Waals surface area (Å²) in [7, 11) is 1.42. The molecule has 8 nitrogen and oxygen atoms in total. The lowest BCUT2D eigenvalue weighted by atomic mass is 9.73. The zero-order valence-corrected chi connectivity index (χ0v) is 18.6. The molecule has 1 unspecified atom stereocenters. The molecular weight excluding hydrogens is 390 g/mol. The topological polar surface area (TPSA) is 109 Å². The van der Waals surface area contributed by atoms with Gasteiger partial charge in [0.2, 0.25) is 0 Å². The number of unbranched alkanes of at least 4 members (excludes halogenated alkanes) is 1. The summed E-state index contributed by atoms with van der Waals surface area (Å²) >= 11 is 0. The molecular formula is C22H31NO7. The predicted molar refractivity (Wildman–Crippen MR) is 109 cm³/mol. The fourth-order valence-electron chi connectivity index (χ4n) is 2.95. The summed E-state index contributed by atoms with van der Waals surface area (Å²) in [6.07, 6.45) is 3.38. The number of carbonyl (C=O) groups is 4. The lowest BCUT2D eigenvalue weighted by molar-refractivity contribution is -0.167. The summed E-state index contributed by atoms with van der Waals surface area (Å²) < 4.78 is 15.4. The molecule has 1 aromatic heterocycles. The second-order valence-corrected chi connectivity index (χ2v) is 7.92. The van der Waals surface area contributed by atoms with Crippen LogP contribution in [-0.4, -0.2) is 47.8 Å². The molecule has 1 heterocycles. The Hall–Kier alpha value is -2.77. The number of esters is 2. The van der Waals surface area contributed by atoms with Gasteiger partial charge in [0.1, 0.15) is 11.4 Å². The highest BCUT2D eigenvalue weighted by atomic mass is 16.6. The molecule has 0 aliphatic rings. The first-order chi connectivity index (χ1) is 14.0. The van der Waals surface area contributed by atoms with Crippen LogP contribution in [0.25, 0.3) is 0 Å². The number of ether oxygens (including phenoxy) is 3. The standard InChI is InChI=1S/C22H31NO7/c1-7-29-18(25)10-8-9-11-22(15(2)24,20(27)30-21(3,4)5)19(26)16-12-17(28-6)14-23-13-16/h12-14H,7-11H2,1-6H3. The maximum Gasteiger partial charge on any atom is 0.328 e. The Labute approximate surface area is 177 Å². The van der Waals surface area contributed by atoms with Gasteiger partial charge in [-0.1, -0.05) is 6.42 Å². The second-order valence-electron chi connectivity index (χ2n) is 7.92. The van der Waals surface area contributed by atoms with Crippen LogP contribution in [0.5, 0.6) is 5.75 Å². The van der Waals surface area contributed by atoms with Crippen LogP contribution in [-0.2, 0) is 23.9 Å². The molecule has 0 spiro atoms. The Morgan fingerprint density at radius 2 is 1.73 bits per heavy atom. The van der Waals surface area contributed by atoms with Crippen molar-refractivity contribution in [3.8, 4) is 5.75 Å².